The van der Waals surface area contributed by atoms with Crippen LogP contribution in [0.5, 0.6) is 0 Å². The third kappa shape index (κ3) is 2.83. The van der Waals surface area contributed by atoms with Crippen LogP contribution in [0.1, 0.15) is 30.4 Å². The number of rotatable bonds is 3. The standard InChI is InChI=1S/C18H17FO2S/c1-22(20,21)18-11-10-14(12-17(18)19)16-9-5-8-15(16)13-6-3-2-4-7-13/h2-4,6-7,10-12H,5,8-9H2,1H3. The van der Waals surface area contributed by atoms with Crippen molar-refractivity contribution >= 4 is 21.0 Å². The maximum absolute atomic E-state index is 14.1. The van der Waals surface area contributed by atoms with Gasteiger partial charge in [0.1, 0.15) is 10.7 Å². The Kier molecular flexibility index (Phi) is 3.87. The van der Waals surface area contributed by atoms with Crippen LogP contribution in [0.15, 0.2) is 53.4 Å². The fourth-order valence-electron chi connectivity index (χ4n) is 3.01. The lowest BCUT2D eigenvalue weighted by atomic mass is 9.97. The van der Waals surface area contributed by atoms with E-state index in [-0.39, 0.29) is 4.90 Å². The lowest BCUT2D eigenvalue weighted by molar-refractivity contribution is 0.570. The summed E-state index contributed by atoms with van der Waals surface area (Å²) in [4.78, 5) is -0.240. The second-order valence-electron chi connectivity index (χ2n) is 5.59. The Morgan fingerprint density at radius 1 is 0.909 bits per heavy atom. The molecule has 2 nitrogen and oxygen atoms in total. The maximum Gasteiger partial charge on any atom is 0.178 e. The van der Waals surface area contributed by atoms with Gasteiger partial charge >= 0.3 is 0 Å². The molecule has 0 saturated carbocycles. The molecule has 114 valence electrons. The highest BCUT2D eigenvalue weighted by Gasteiger charge is 2.20. The third-order valence-corrected chi connectivity index (χ3v) is 5.15. The highest BCUT2D eigenvalue weighted by molar-refractivity contribution is 7.90. The zero-order valence-electron chi connectivity index (χ0n) is 12.3. The lowest BCUT2D eigenvalue weighted by Gasteiger charge is -2.10. The molecule has 0 unspecified atom stereocenters. The van der Waals surface area contributed by atoms with Crippen molar-refractivity contribution in [1.82, 2.24) is 0 Å². The average Bonchev–Trinajstić information content (AvgIpc) is 2.96. The summed E-state index contributed by atoms with van der Waals surface area (Å²) in [6, 6.07) is 14.5. The molecule has 0 spiro atoms. The second kappa shape index (κ2) is 5.69. The van der Waals surface area contributed by atoms with E-state index in [0.29, 0.717) is 0 Å². The van der Waals surface area contributed by atoms with Crippen molar-refractivity contribution < 1.29 is 12.8 Å². The van der Waals surface area contributed by atoms with Gasteiger partial charge in [0.15, 0.2) is 9.84 Å². The van der Waals surface area contributed by atoms with Gasteiger partial charge in [0.2, 0.25) is 0 Å². The topological polar surface area (TPSA) is 34.1 Å². The number of halogens is 1. The molecule has 0 atom stereocenters. The van der Waals surface area contributed by atoms with Crippen LogP contribution in [0.4, 0.5) is 4.39 Å². The molecule has 0 bridgehead atoms. The van der Waals surface area contributed by atoms with Gasteiger partial charge in [-0.05, 0) is 53.7 Å². The summed E-state index contributed by atoms with van der Waals surface area (Å²) in [6.45, 7) is 0. The summed E-state index contributed by atoms with van der Waals surface area (Å²) in [5.74, 6) is -0.674. The Balaban J connectivity index is 2.09. The monoisotopic (exact) mass is 316 g/mol. The zero-order chi connectivity index (χ0) is 15.7. The van der Waals surface area contributed by atoms with Crippen molar-refractivity contribution in [2.75, 3.05) is 6.26 Å². The number of hydrogen-bond donors (Lipinski definition) is 0. The summed E-state index contributed by atoms with van der Waals surface area (Å²) in [7, 11) is -3.53. The normalized spacial score (nSPS) is 15.4. The van der Waals surface area contributed by atoms with Gasteiger partial charge in [-0.3, -0.25) is 0 Å². The van der Waals surface area contributed by atoms with Gasteiger partial charge in [-0.2, -0.15) is 0 Å². The quantitative estimate of drug-likeness (QED) is 0.845. The molecule has 22 heavy (non-hydrogen) atoms. The summed E-state index contributed by atoms with van der Waals surface area (Å²) >= 11 is 0. The van der Waals surface area contributed by atoms with Gasteiger partial charge in [-0.25, -0.2) is 12.8 Å². The van der Waals surface area contributed by atoms with Gasteiger partial charge in [-0.1, -0.05) is 36.4 Å². The fourth-order valence-corrected chi connectivity index (χ4v) is 3.74. The largest absolute Gasteiger partial charge is 0.224 e. The van der Waals surface area contributed by atoms with Gasteiger partial charge < -0.3 is 0 Å². The van der Waals surface area contributed by atoms with E-state index >= 15 is 0 Å². The molecule has 0 saturated heterocycles. The maximum atomic E-state index is 14.1. The van der Waals surface area contributed by atoms with Crippen LogP contribution in [0, 0.1) is 5.82 Å². The highest BCUT2D eigenvalue weighted by atomic mass is 32.2. The summed E-state index contributed by atoms with van der Waals surface area (Å²) < 4.78 is 37.2. The second-order valence-corrected chi connectivity index (χ2v) is 7.58. The van der Waals surface area contributed by atoms with E-state index in [1.807, 2.05) is 18.2 Å². The van der Waals surface area contributed by atoms with Gasteiger partial charge in [0.05, 0.1) is 0 Å². The zero-order valence-corrected chi connectivity index (χ0v) is 13.2. The molecule has 0 N–H and O–H groups in total. The molecule has 2 aromatic rings. The van der Waals surface area contributed by atoms with E-state index in [1.54, 1.807) is 6.07 Å². The Bertz CT molecular complexity index is 837. The smallest absolute Gasteiger partial charge is 0.178 e. The van der Waals surface area contributed by atoms with Crippen LogP contribution < -0.4 is 0 Å². The fraction of sp³-hybridized carbons (Fsp3) is 0.222. The van der Waals surface area contributed by atoms with E-state index in [4.69, 9.17) is 0 Å². The van der Waals surface area contributed by atoms with E-state index in [1.165, 1.54) is 17.7 Å². The number of benzene rings is 2. The van der Waals surface area contributed by atoms with Crippen LogP contribution >= 0.6 is 0 Å². The lowest BCUT2D eigenvalue weighted by Crippen LogP contribution is -2.01. The van der Waals surface area contributed by atoms with Crippen molar-refractivity contribution in [2.45, 2.75) is 24.2 Å². The SMILES string of the molecule is CS(=O)(=O)c1ccc(C2=C(c3ccccc3)CCC2)cc1F. The Hall–Kier alpha value is -1.94. The predicted molar refractivity (Wildman–Crippen MR) is 86.6 cm³/mol. The minimum absolute atomic E-state index is 0.240. The van der Waals surface area contributed by atoms with E-state index < -0.39 is 15.7 Å². The molecule has 0 aliphatic heterocycles. The minimum atomic E-state index is -3.53. The first-order chi connectivity index (χ1) is 10.5. The molecule has 0 fully saturated rings. The Morgan fingerprint density at radius 2 is 1.55 bits per heavy atom. The van der Waals surface area contributed by atoms with Crippen LogP contribution in [0.3, 0.4) is 0 Å². The van der Waals surface area contributed by atoms with Gasteiger partial charge in [-0.15, -0.1) is 0 Å². The van der Waals surface area contributed by atoms with Crippen LogP contribution in [-0.2, 0) is 9.84 Å². The molecular weight excluding hydrogens is 299 g/mol. The first-order valence-corrected chi connectivity index (χ1v) is 9.13. The first kappa shape index (κ1) is 15.0. The molecular formula is C18H17FO2S. The van der Waals surface area contributed by atoms with Crippen molar-refractivity contribution in [3.63, 3.8) is 0 Å². The summed E-state index contributed by atoms with van der Waals surface area (Å²) in [6.07, 6.45) is 3.92. The molecule has 1 aliphatic rings. The predicted octanol–water partition coefficient (Wildman–Crippen LogP) is 4.32. The third-order valence-electron chi connectivity index (χ3n) is 4.02. The van der Waals surface area contributed by atoms with E-state index in [9.17, 15) is 12.8 Å². The first-order valence-electron chi connectivity index (χ1n) is 7.24. The van der Waals surface area contributed by atoms with Gasteiger partial charge in [0.25, 0.3) is 0 Å². The Morgan fingerprint density at radius 3 is 2.14 bits per heavy atom. The summed E-state index contributed by atoms with van der Waals surface area (Å²) in [5, 5.41) is 0. The van der Waals surface area contributed by atoms with Crippen molar-refractivity contribution in [3.8, 4) is 0 Å². The molecule has 4 heteroatoms. The average molecular weight is 316 g/mol. The van der Waals surface area contributed by atoms with E-state index in [0.717, 1.165) is 42.2 Å². The van der Waals surface area contributed by atoms with Crippen molar-refractivity contribution in [2.24, 2.45) is 0 Å². The molecule has 1 aliphatic carbocycles. The van der Waals surface area contributed by atoms with Gasteiger partial charge in [0, 0.05) is 6.26 Å². The summed E-state index contributed by atoms with van der Waals surface area (Å²) in [5.41, 5.74) is 4.28. The van der Waals surface area contributed by atoms with Crippen molar-refractivity contribution in [3.05, 3.63) is 65.5 Å². The number of allylic oxidation sites excluding steroid dienone is 2. The van der Waals surface area contributed by atoms with Crippen LogP contribution in [-0.4, -0.2) is 14.7 Å². The molecule has 2 aromatic carbocycles. The van der Waals surface area contributed by atoms with Crippen LogP contribution in [0.2, 0.25) is 0 Å². The van der Waals surface area contributed by atoms with Crippen molar-refractivity contribution in [1.29, 1.82) is 0 Å². The molecule has 0 amide bonds. The molecule has 0 radical (unpaired) electrons. The molecule has 0 aromatic heterocycles. The molecule has 3 rings (SSSR count). The Labute approximate surface area is 130 Å². The van der Waals surface area contributed by atoms with Crippen LogP contribution in [0.25, 0.3) is 11.1 Å². The minimum Gasteiger partial charge on any atom is -0.224 e. The highest BCUT2D eigenvalue weighted by Crippen LogP contribution is 2.40. The number of sulfone groups is 1. The molecule has 0 heterocycles. The number of hydrogen-bond acceptors (Lipinski definition) is 2. The van der Waals surface area contributed by atoms with E-state index in [2.05, 4.69) is 12.1 Å².